The van der Waals surface area contributed by atoms with Gasteiger partial charge < -0.3 is 4.90 Å². The fourth-order valence-electron chi connectivity index (χ4n) is 2.62. The Bertz CT molecular complexity index is 619. The summed E-state index contributed by atoms with van der Waals surface area (Å²) in [6.07, 6.45) is 0.832. The lowest BCUT2D eigenvalue weighted by Gasteiger charge is -2.36. The second-order valence-electron chi connectivity index (χ2n) is 6.74. The van der Waals surface area contributed by atoms with E-state index in [-0.39, 0.29) is 17.4 Å². The lowest BCUT2D eigenvalue weighted by atomic mass is 9.87. The van der Waals surface area contributed by atoms with Gasteiger partial charge in [0, 0.05) is 12.0 Å². The zero-order chi connectivity index (χ0) is 16.9. The molecule has 1 amide bonds. The molecule has 0 aliphatic rings. The predicted molar refractivity (Wildman–Crippen MR) is 95.9 cm³/mol. The van der Waals surface area contributed by atoms with Crippen molar-refractivity contribution in [3.63, 3.8) is 0 Å². The van der Waals surface area contributed by atoms with E-state index in [0.29, 0.717) is 6.54 Å². The van der Waals surface area contributed by atoms with Crippen LogP contribution in [-0.4, -0.2) is 10.8 Å². The number of amides is 1. The maximum Gasteiger partial charge on any atom is 0.229 e. The normalized spacial score (nSPS) is 12.7. The molecule has 0 radical (unpaired) electrons. The van der Waals surface area contributed by atoms with Crippen molar-refractivity contribution in [2.75, 3.05) is 0 Å². The van der Waals surface area contributed by atoms with Gasteiger partial charge in [-0.05, 0) is 24.5 Å². The number of hydrogen-bond donors (Lipinski definition) is 0. The van der Waals surface area contributed by atoms with Crippen molar-refractivity contribution in [3.05, 3.63) is 71.8 Å². The molecule has 2 heteroatoms. The molecule has 122 valence electrons. The lowest BCUT2D eigenvalue weighted by molar-refractivity contribution is -0.143. The molecule has 0 aromatic heterocycles. The number of nitrogens with zero attached hydrogens (tertiary/aromatic N) is 1. The van der Waals surface area contributed by atoms with Gasteiger partial charge in [-0.3, -0.25) is 4.79 Å². The molecule has 0 unspecified atom stereocenters. The second-order valence-corrected chi connectivity index (χ2v) is 6.74. The fraction of sp³-hybridized carbons (Fsp3) is 0.381. The maximum atomic E-state index is 13.1. The molecule has 2 aromatic carbocycles. The number of benzene rings is 2. The first kappa shape index (κ1) is 17.3. The van der Waals surface area contributed by atoms with Crippen LogP contribution in [0, 0.1) is 5.41 Å². The summed E-state index contributed by atoms with van der Waals surface area (Å²) in [5.74, 6) is 0.209. The first-order chi connectivity index (χ1) is 11.0. The van der Waals surface area contributed by atoms with Crippen LogP contribution in [0.4, 0.5) is 0 Å². The van der Waals surface area contributed by atoms with Gasteiger partial charge in [0.05, 0.1) is 6.04 Å². The number of carbonyl (C=O) groups excluding carboxylic acids is 1. The minimum atomic E-state index is -0.349. The topological polar surface area (TPSA) is 20.3 Å². The summed E-state index contributed by atoms with van der Waals surface area (Å²) in [4.78, 5) is 15.1. The zero-order valence-electron chi connectivity index (χ0n) is 14.6. The largest absolute Gasteiger partial charge is 0.331 e. The second kappa shape index (κ2) is 7.45. The zero-order valence-corrected chi connectivity index (χ0v) is 14.6. The van der Waals surface area contributed by atoms with Crippen molar-refractivity contribution in [2.45, 2.75) is 46.7 Å². The molecule has 0 heterocycles. The third-order valence-electron chi connectivity index (χ3n) is 4.67. The van der Waals surface area contributed by atoms with E-state index in [1.165, 1.54) is 5.56 Å². The average Bonchev–Trinajstić information content (AvgIpc) is 2.60. The first-order valence-corrected chi connectivity index (χ1v) is 8.35. The number of carbonyl (C=O) groups is 1. The molecule has 2 rings (SSSR count). The molecule has 0 bridgehead atoms. The highest BCUT2D eigenvalue weighted by Gasteiger charge is 2.33. The SMILES string of the molecule is CCC(C)(C)C(=O)N(Cc1ccccc1)[C@@H](C)c1ccccc1. The molecular weight excluding hydrogens is 282 g/mol. The maximum absolute atomic E-state index is 13.1. The summed E-state index contributed by atoms with van der Waals surface area (Å²) in [5.41, 5.74) is 1.98. The van der Waals surface area contributed by atoms with E-state index in [4.69, 9.17) is 0 Å². The Kier molecular flexibility index (Phi) is 5.59. The summed E-state index contributed by atoms with van der Waals surface area (Å²) in [6, 6.07) is 20.5. The standard InChI is InChI=1S/C21H27NO/c1-5-21(3,4)20(23)22(16-18-12-8-6-9-13-18)17(2)19-14-10-7-11-15-19/h6-15,17H,5,16H2,1-4H3/t17-/m0/s1. The molecule has 0 spiro atoms. The molecule has 0 saturated carbocycles. The van der Waals surface area contributed by atoms with E-state index in [1.807, 2.05) is 55.1 Å². The molecular formula is C21H27NO. The molecule has 0 aliphatic carbocycles. The molecule has 1 atom stereocenters. The van der Waals surface area contributed by atoms with E-state index >= 15 is 0 Å². The lowest BCUT2D eigenvalue weighted by Crippen LogP contribution is -2.41. The van der Waals surface area contributed by atoms with Crippen LogP contribution in [0.1, 0.15) is 51.3 Å². The Labute approximate surface area is 140 Å². The van der Waals surface area contributed by atoms with Crippen molar-refractivity contribution < 1.29 is 4.79 Å². The molecule has 2 nitrogen and oxygen atoms in total. The summed E-state index contributed by atoms with van der Waals surface area (Å²) >= 11 is 0. The van der Waals surface area contributed by atoms with Gasteiger partial charge in [0.2, 0.25) is 5.91 Å². The van der Waals surface area contributed by atoms with Crippen LogP contribution in [0.5, 0.6) is 0 Å². The van der Waals surface area contributed by atoms with E-state index < -0.39 is 0 Å². The van der Waals surface area contributed by atoms with Gasteiger partial charge >= 0.3 is 0 Å². The third-order valence-corrected chi connectivity index (χ3v) is 4.67. The van der Waals surface area contributed by atoms with Crippen LogP contribution in [0.25, 0.3) is 0 Å². The fourth-order valence-corrected chi connectivity index (χ4v) is 2.62. The van der Waals surface area contributed by atoms with Gasteiger partial charge in [-0.15, -0.1) is 0 Å². The van der Waals surface area contributed by atoms with Crippen molar-refractivity contribution in [1.29, 1.82) is 0 Å². The Hall–Kier alpha value is -2.09. The highest BCUT2D eigenvalue weighted by molar-refractivity contribution is 5.82. The summed E-state index contributed by atoms with van der Waals surface area (Å²) in [6.45, 7) is 8.89. The van der Waals surface area contributed by atoms with Crippen LogP contribution in [-0.2, 0) is 11.3 Å². The summed E-state index contributed by atoms with van der Waals surface area (Å²) in [5, 5.41) is 0. The predicted octanol–water partition coefficient (Wildman–Crippen LogP) is 5.21. The van der Waals surface area contributed by atoms with Gasteiger partial charge in [0.1, 0.15) is 0 Å². The van der Waals surface area contributed by atoms with Crippen LogP contribution in [0.3, 0.4) is 0 Å². The van der Waals surface area contributed by atoms with Crippen LogP contribution in [0.2, 0.25) is 0 Å². The summed E-state index contributed by atoms with van der Waals surface area (Å²) in [7, 11) is 0. The molecule has 0 saturated heterocycles. The first-order valence-electron chi connectivity index (χ1n) is 8.35. The van der Waals surface area contributed by atoms with Gasteiger partial charge in [-0.1, -0.05) is 81.4 Å². The van der Waals surface area contributed by atoms with Crippen molar-refractivity contribution >= 4 is 5.91 Å². The highest BCUT2D eigenvalue weighted by Crippen LogP contribution is 2.30. The smallest absolute Gasteiger partial charge is 0.229 e. The monoisotopic (exact) mass is 309 g/mol. The average molecular weight is 309 g/mol. The van der Waals surface area contributed by atoms with Crippen LogP contribution >= 0.6 is 0 Å². The Morgan fingerprint density at radius 2 is 1.52 bits per heavy atom. The third kappa shape index (κ3) is 4.22. The summed E-state index contributed by atoms with van der Waals surface area (Å²) < 4.78 is 0. The molecule has 2 aromatic rings. The Balaban J connectivity index is 2.33. The molecule has 23 heavy (non-hydrogen) atoms. The molecule has 0 fully saturated rings. The van der Waals surface area contributed by atoms with Crippen LogP contribution < -0.4 is 0 Å². The van der Waals surface area contributed by atoms with Gasteiger partial charge in [0.25, 0.3) is 0 Å². The van der Waals surface area contributed by atoms with Crippen molar-refractivity contribution in [2.24, 2.45) is 5.41 Å². The number of hydrogen-bond acceptors (Lipinski definition) is 1. The minimum absolute atomic E-state index is 0.0507. The van der Waals surface area contributed by atoms with E-state index in [2.05, 4.69) is 38.1 Å². The quantitative estimate of drug-likeness (QED) is 0.717. The van der Waals surface area contributed by atoms with Gasteiger partial charge in [0.15, 0.2) is 0 Å². The Morgan fingerprint density at radius 1 is 1.00 bits per heavy atom. The minimum Gasteiger partial charge on any atom is -0.331 e. The number of rotatable bonds is 6. The van der Waals surface area contributed by atoms with Gasteiger partial charge in [-0.2, -0.15) is 0 Å². The molecule has 0 aliphatic heterocycles. The highest BCUT2D eigenvalue weighted by atomic mass is 16.2. The van der Waals surface area contributed by atoms with Crippen molar-refractivity contribution in [1.82, 2.24) is 4.90 Å². The van der Waals surface area contributed by atoms with E-state index in [1.54, 1.807) is 0 Å². The Morgan fingerprint density at radius 3 is 2.04 bits per heavy atom. The van der Waals surface area contributed by atoms with Gasteiger partial charge in [-0.25, -0.2) is 0 Å². The van der Waals surface area contributed by atoms with E-state index in [0.717, 1.165) is 12.0 Å². The van der Waals surface area contributed by atoms with Crippen molar-refractivity contribution in [3.8, 4) is 0 Å². The van der Waals surface area contributed by atoms with E-state index in [9.17, 15) is 4.79 Å². The molecule has 0 N–H and O–H groups in total. The van der Waals surface area contributed by atoms with Crippen LogP contribution in [0.15, 0.2) is 60.7 Å².